The quantitative estimate of drug-likeness (QED) is 0.321. The van der Waals surface area contributed by atoms with Gasteiger partial charge in [0.2, 0.25) is 0 Å². The van der Waals surface area contributed by atoms with E-state index in [-0.39, 0.29) is 35.5 Å². The lowest BCUT2D eigenvalue weighted by molar-refractivity contribution is -0.140. The van der Waals surface area contributed by atoms with E-state index in [0.29, 0.717) is 11.8 Å². The lowest BCUT2D eigenvalue weighted by Crippen LogP contribution is -2.40. The largest absolute Gasteiger partial charge is 0.272 e. The van der Waals surface area contributed by atoms with Crippen molar-refractivity contribution < 1.29 is 9.59 Å². The first kappa shape index (κ1) is 13.9. The molecule has 1 aromatic rings. The molecule has 3 fully saturated rings. The molecule has 0 aromatic heterocycles. The lowest BCUT2D eigenvalue weighted by Gasteiger charge is -2.37. The van der Waals surface area contributed by atoms with Gasteiger partial charge in [-0.1, -0.05) is 24.3 Å². The second-order valence-corrected chi connectivity index (χ2v) is 8.18. The first-order valence-corrected chi connectivity index (χ1v) is 9.09. The molecule has 0 radical (unpaired) electrons. The number of amides is 2. The van der Waals surface area contributed by atoms with Crippen molar-refractivity contribution in [2.45, 2.75) is 6.42 Å². The van der Waals surface area contributed by atoms with E-state index in [9.17, 15) is 9.59 Å². The summed E-state index contributed by atoms with van der Waals surface area (Å²) in [5, 5.41) is 5.35. The van der Waals surface area contributed by atoms with Crippen LogP contribution in [0.1, 0.15) is 12.0 Å². The third-order valence-electron chi connectivity index (χ3n) is 5.83. The van der Waals surface area contributed by atoms with Gasteiger partial charge in [0, 0.05) is 3.57 Å². The maximum atomic E-state index is 12.7. The third-order valence-corrected chi connectivity index (χ3v) is 6.55. The number of carbonyl (C=O) groups is 2. The summed E-state index contributed by atoms with van der Waals surface area (Å²) in [7, 11) is 0. The minimum atomic E-state index is -0.171. The maximum absolute atomic E-state index is 12.7. The Labute approximate surface area is 147 Å². The Morgan fingerprint density at radius 2 is 1.57 bits per heavy atom. The molecule has 0 spiro atoms. The Bertz CT molecular complexity index is 734. The van der Waals surface area contributed by atoms with Gasteiger partial charge < -0.3 is 0 Å². The van der Waals surface area contributed by atoms with E-state index in [4.69, 9.17) is 0 Å². The van der Waals surface area contributed by atoms with Gasteiger partial charge in [0.15, 0.2) is 0 Å². The van der Waals surface area contributed by atoms with Crippen molar-refractivity contribution in [2.75, 3.05) is 0 Å². The standard InChI is InChI=1S/C18H15IN2O2/c19-10-3-1-9(2-4-10)8-20-21-17(22)15-11-5-6-12(14-7-13(11)14)16(15)18(21)23/h1-6,8,11-16H,7H2/t11-,12-,13-,14+,15+,16+/m0/s1. The summed E-state index contributed by atoms with van der Waals surface area (Å²) in [5.74, 6) is 1.21. The van der Waals surface area contributed by atoms with Crippen molar-refractivity contribution in [3.8, 4) is 0 Å². The predicted octanol–water partition coefficient (Wildman–Crippen LogP) is 2.68. The van der Waals surface area contributed by atoms with Crippen molar-refractivity contribution in [1.82, 2.24) is 5.01 Å². The SMILES string of the molecule is O=C1[C@@H]2[C@H]3C=C[C@@H]([C@@H]4C[C@H]34)[C@H]2C(=O)N1N=Cc1ccc(I)cc1. The number of nitrogens with zero attached hydrogens (tertiary/aromatic N) is 2. The van der Waals surface area contributed by atoms with E-state index in [1.54, 1.807) is 6.21 Å². The molecule has 2 saturated carbocycles. The number of benzene rings is 1. The Morgan fingerprint density at radius 1 is 1.00 bits per heavy atom. The Kier molecular flexibility index (Phi) is 2.87. The highest BCUT2D eigenvalue weighted by Crippen LogP contribution is 2.65. The van der Waals surface area contributed by atoms with Gasteiger partial charge in [-0.25, -0.2) is 0 Å². The number of imide groups is 1. The highest BCUT2D eigenvalue weighted by Gasteiger charge is 2.67. The minimum Gasteiger partial charge on any atom is -0.272 e. The molecule has 23 heavy (non-hydrogen) atoms. The molecule has 6 rings (SSSR count). The summed E-state index contributed by atoms with van der Waals surface area (Å²) in [5.41, 5.74) is 0.893. The predicted molar refractivity (Wildman–Crippen MR) is 93.3 cm³/mol. The van der Waals surface area contributed by atoms with Gasteiger partial charge in [0.1, 0.15) is 0 Å². The van der Waals surface area contributed by atoms with E-state index >= 15 is 0 Å². The first-order valence-electron chi connectivity index (χ1n) is 8.01. The van der Waals surface area contributed by atoms with Crippen LogP contribution >= 0.6 is 22.6 Å². The topological polar surface area (TPSA) is 49.7 Å². The first-order chi connectivity index (χ1) is 11.1. The summed E-state index contributed by atoms with van der Waals surface area (Å²) < 4.78 is 1.14. The van der Waals surface area contributed by atoms with Gasteiger partial charge in [-0.15, -0.1) is 0 Å². The summed E-state index contributed by atoms with van der Waals surface area (Å²) in [6.07, 6.45) is 7.15. The van der Waals surface area contributed by atoms with Crippen LogP contribution in [0.5, 0.6) is 0 Å². The number of hydrazone groups is 1. The molecule has 1 aromatic carbocycles. The molecule has 2 bridgehead atoms. The molecule has 4 nitrogen and oxygen atoms in total. The summed E-state index contributed by atoms with van der Waals surface area (Å²) in [4.78, 5) is 25.5. The molecule has 6 atom stereocenters. The van der Waals surface area contributed by atoms with Gasteiger partial charge in [0.25, 0.3) is 11.8 Å². The molecule has 1 aliphatic heterocycles. The van der Waals surface area contributed by atoms with Crippen LogP contribution in [0.3, 0.4) is 0 Å². The van der Waals surface area contributed by atoms with Gasteiger partial charge in [-0.3, -0.25) is 9.59 Å². The van der Waals surface area contributed by atoms with E-state index in [2.05, 4.69) is 39.8 Å². The summed E-state index contributed by atoms with van der Waals surface area (Å²) in [6.45, 7) is 0. The fourth-order valence-electron chi connectivity index (χ4n) is 4.73. The van der Waals surface area contributed by atoms with Crippen LogP contribution in [0.2, 0.25) is 0 Å². The zero-order chi connectivity index (χ0) is 15.7. The molecule has 5 aliphatic rings. The van der Waals surface area contributed by atoms with Crippen LogP contribution < -0.4 is 0 Å². The number of hydrogen-bond acceptors (Lipinski definition) is 3. The zero-order valence-corrected chi connectivity index (χ0v) is 14.5. The van der Waals surface area contributed by atoms with Crippen LogP contribution in [0.4, 0.5) is 0 Å². The van der Waals surface area contributed by atoms with Crippen LogP contribution in [0.25, 0.3) is 0 Å². The van der Waals surface area contributed by atoms with Crippen molar-refractivity contribution in [2.24, 2.45) is 40.6 Å². The Morgan fingerprint density at radius 3 is 2.13 bits per heavy atom. The molecule has 2 amide bonds. The maximum Gasteiger partial charge on any atom is 0.254 e. The van der Waals surface area contributed by atoms with E-state index in [1.807, 2.05) is 24.3 Å². The highest BCUT2D eigenvalue weighted by atomic mass is 127. The number of allylic oxidation sites excluding steroid dienone is 2. The Balaban J connectivity index is 1.44. The third kappa shape index (κ3) is 1.92. The minimum absolute atomic E-state index is 0.105. The van der Waals surface area contributed by atoms with Crippen LogP contribution in [-0.4, -0.2) is 23.0 Å². The molecule has 1 heterocycles. The number of halogens is 1. The highest BCUT2D eigenvalue weighted by molar-refractivity contribution is 14.1. The number of carbonyl (C=O) groups excluding carboxylic acids is 2. The van der Waals surface area contributed by atoms with Crippen LogP contribution in [0.15, 0.2) is 41.5 Å². The average molecular weight is 418 g/mol. The molecule has 116 valence electrons. The average Bonchev–Trinajstić information content (AvgIpc) is 3.33. The van der Waals surface area contributed by atoms with E-state index < -0.39 is 0 Å². The van der Waals surface area contributed by atoms with E-state index in [1.165, 1.54) is 6.42 Å². The summed E-state index contributed by atoms with van der Waals surface area (Å²) >= 11 is 2.24. The van der Waals surface area contributed by atoms with Crippen LogP contribution in [-0.2, 0) is 9.59 Å². The van der Waals surface area contributed by atoms with Gasteiger partial charge in [-0.2, -0.15) is 10.1 Å². The monoisotopic (exact) mass is 418 g/mol. The second kappa shape index (κ2) is 4.75. The normalized spacial score (nSPS) is 40.0. The van der Waals surface area contributed by atoms with Crippen LogP contribution in [0, 0.1) is 39.1 Å². The van der Waals surface area contributed by atoms with Gasteiger partial charge in [-0.05, 0) is 70.4 Å². The van der Waals surface area contributed by atoms with E-state index in [0.717, 1.165) is 14.1 Å². The Hall–Kier alpha value is -1.50. The second-order valence-electron chi connectivity index (χ2n) is 6.94. The van der Waals surface area contributed by atoms with Crippen molar-refractivity contribution >= 4 is 40.6 Å². The molecule has 0 N–H and O–H groups in total. The molecular formula is C18H15IN2O2. The lowest BCUT2D eigenvalue weighted by atomic mass is 9.63. The zero-order valence-electron chi connectivity index (χ0n) is 12.3. The molecule has 1 saturated heterocycles. The van der Waals surface area contributed by atoms with Gasteiger partial charge in [0.05, 0.1) is 18.1 Å². The number of hydrogen-bond donors (Lipinski definition) is 0. The van der Waals surface area contributed by atoms with Crippen molar-refractivity contribution in [3.05, 3.63) is 45.6 Å². The van der Waals surface area contributed by atoms with Crippen molar-refractivity contribution in [1.29, 1.82) is 0 Å². The molecule has 0 unspecified atom stereocenters. The number of rotatable bonds is 2. The summed E-state index contributed by atoms with van der Waals surface area (Å²) in [6, 6.07) is 7.83. The smallest absolute Gasteiger partial charge is 0.254 e. The molecular weight excluding hydrogens is 403 g/mol. The van der Waals surface area contributed by atoms with Gasteiger partial charge >= 0.3 is 0 Å². The molecule has 5 heteroatoms. The fraction of sp³-hybridized carbons (Fsp3) is 0.389. The van der Waals surface area contributed by atoms with Crippen molar-refractivity contribution in [3.63, 3.8) is 0 Å². The fourth-order valence-corrected chi connectivity index (χ4v) is 5.09. The molecule has 4 aliphatic carbocycles.